The first kappa shape index (κ1) is 14.4. The summed E-state index contributed by atoms with van der Waals surface area (Å²) in [7, 11) is 0. The van der Waals surface area contributed by atoms with Crippen LogP contribution in [0.15, 0.2) is 23.3 Å². The molecule has 5 nitrogen and oxygen atoms in total. The highest BCUT2D eigenvalue weighted by molar-refractivity contribution is 5.88. The number of fused-ring (bicyclic) bond motifs is 1. The predicted molar refractivity (Wildman–Crippen MR) is 83.9 cm³/mol. The third-order valence-corrected chi connectivity index (χ3v) is 3.89. The molecule has 4 N–H and O–H groups in total. The SMILES string of the molecule is CC(CNc1cc2nc[nH]c(=O)c2cc1N)C(C)(C)C. The molecule has 0 aliphatic heterocycles. The van der Waals surface area contributed by atoms with Gasteiger partial charge in [-0.15, -0.1) is 0 Å². The summed E-state index contributed by atoms with van der Waals surface area (Å²) >= 11 is 0. The lowest BCUT2D eigenvalue weighted by molar-refractivity contribution is 0.274. The topological polar surface area (TPSA) is 83.8 Å². The summed E-state index contributed by atoms with van der Waals surface area (Å²) in [6.45, 7) is 9.66. The van der Waals surface area contributed by atoms with Gasteiger partial charge in [0.1, 0.15) is 0 Å². The molecule has 0 radical (unpaired) electrons. The van der Waals surface area contributed by atoms with Gasteiger partial charge in [0, 0.05) is 6.54 Å². The molecular weight excluding hydrogens is 252 g/mol. The van der Waals surface area contributed by atoms with Crippen LogP contribution in [-0.2, 0) is 0 Å². The van der Waals surface area contributed by atoms with Crippen LogP contribution in [-0.4, -0.2) is 16.5 Å². The molecule has 20 heavy (non-hydrogen) atoms. The quantitative estimate of drug-likeness (QED) is 0.751. The highest BCUT2D eigenvalue weighted by atomic mass is 16.1. The number of nitrogens with two attached hydrogens (primary N) is 1. The first-order valence-electron chi connectivity index (χ1n) is 6.80. The van der Waals surface area contributed by atoms with Crippen molar-refractivity contribution in [2.24, 2.45) is 11.3 Å². The van der Waals surface area contributed by atoms with E-state index in [1.54, 1.807) is 6.07 Å². The highest BCUT2D eigenvalue weighted by Gasteiger charge is 2.19. The van der Waals surface area contributed by atoms with Gasteiger partial charge in [0.15, 0.2) is 0 Å². The van der Waals surface area contributed by atoms with Crippen LogP contribution in [0.4, 0.5) is 11.4 Å². The lowest BCUT2D eigenvalue weighted by Crippen LogP contribution is -2.25. The molecule has 1 heterocycles. The minimum atomic E-state index is -0.170. The van der Waals surface area contributed by atoms with E-state index in [1.165, 1.54) is 6.33 Å². The summed E-state index contributed by atoms with van der Waals surface area (Å²) < 4.78 is 0. The van der Waals surface area contributed by atoms with Gasteiger partial charge in [-0.2, -0.15) is 0 Å². The zero-order valence-electron chi connectivity index (χ0n) is 12.4. The highest BCUT2D eigenvalue weighted by Crippen LogP contribution is 2.27. The smallest absolute Gasteiger partial charge is 0.258 e. The van der Waals surface area contributed by atoms with Crippen molar-refractivity contribution in [1.82, 2.24) is 9.97 Å². The number of nitrogens with one attached hydrogen (secondary N) is 2. The fourth-order valence-electron chi connectivity index (χ4n) is 1.85. The molecule has 5 heteroatoms. The second-order valence-corrected chi connectivity index (χ2v) is 6.34. The summed E-state index contributed by atoms with van der Waals surface area (Å²) in [5.74, 6) is 0.490. The predicted octanol–water partition coefficient (Wildman–Crippen LogP) is 2.60. The van der Waals surface area contributed by atoms with Gasteiger partial charge in [-0.3, -0.25) is 4.79 Å². The van der Waals surface area contributed by atoms with Crippen LogP contribution in [0, 0.1) is 11.3 Å². The van der Waals surface area contributed by atoms with Crippen LogP contribution in [0.5, 0.6) is 0 Å². The van der Waals surface area contributed by atoms with Gasteiger partial charge in [0.2, 0.25) is 0 Å². The van der Waals surface area contributed by atoms with Crippen molar-refractivity contribution >= 4 is 22.3 Å². The molecule has 1 aromatic heterocycles. The molecule has 1 atom stereocenters. The Morgan fingerprint density at radius 1 is 1.40 bits per heavy atom. The van der Waals surface area contributed by atoms with E-state index in [0.717, 1.165) is 12.2 Å². The van der Waals surface area contributed by atoms with Crippen LogP contribution in [0.3, 0.4) is 0 Å². The average Bonchev–Trinajstić information content (AvgIpc) is 2.36. The number of nitrogen functional groups attached to an aromatic ring is 1. The molecule has 108 valence electrons. The van der Waals surface area contributed by atoms with Crippen LogP contribution in [0.1, 0.15) is 27.7 Å². The Morgan fingerprint density at radius 3 is 2.75 bits per heavy atom. The molecule has 0 saturated carbocycles. The number of benzene rings is 1. The molecule has 0 aliphatic rings. The van der Waals surface area contributed by atoms with Gasteiger partial charge in [-0.25, -0.2) is 4.98 Å². The number of aromatic nitrogens is 2. The molecule has 0 saturated heterocycles. The third-order valence-electron chi connectivity index (χ3n) is 3.89. The van der Waals surface area contributed by atoms with E-state index >= 15 is 0 Å². The Hall–Kier alpha value is -2.04. The van der Waals surface area contributed by atoms with Crippen LogP contribution < -0.4 is 16.6 Å². The van der Waals surface area contributed by atoms with E-state index in [1.807, 2.05) is 6.07 Å². The molecule has 2 aromatic rings. The number of anilines is 2. The van der Waals surface area contributed by atoms with E-state index in [9.17, 15) is 4.79 Å². The summed E-state index contributed by atoms with van der Waals surface area (Å²) in [5, 5.41) is 3.87. The van der Waals surface area contributed by atoms with Crippen LogP contribution in [0.25, 0.3) is 10.9 Å². The molecule has 0 aliphatic carbocycles. The first-order valence-corrected chi connectivity index (χ1v) is 6.80. The molecule has 0 bridgehead atoms. The van der Waals surface area contributed by atoms with Crippen LogP contribution in [0.2, 0.25) is 0 Å². The number of hydrogen-bond acceptors (Lipinski definition) is 4. The van der Waals surface area contributed by atoms with Crippen molar-refractivity contribution in [3.63, 3.8) is 0 Å². The van der Waals surface area contributed by atoms with Crippen LogP contribution >= 0.6 is 0 Å². The number of hydrogen-bond donors (Lipinski definition) is 3. The van der Waals surface area contributed by atoms with E-state index in [0.29, 0.717) is 22.5 Å². The molecule has 0 spiro atoms. The zero-order chi connectivity index (χ0) is 14.9. The summed E-state index contributed by atoms with van der Waals surface area (Å²) in [6.07, 6.45) is 1.41. The molecule has 1 unspecified atom stereocenters. The van der Waals surface area contributed by atoms with Gasteiger partial charge in [0.25, 0.3) is 5.56 Å². The Morgan fingerprint density at radius 2 is 2.10 bits per heavy atom. The fraction of sp³-hybridized carbons (Fsp3) is 0.467. The lowest BCUT2D eigenvalue weighted by atomic mass is 9.82. The van der Waals surface area contributed by atoms with Gasteiger partial charge < -0.3 is 16.0 Å². The standard InChI is InChI=1S/C15H22N4O/c1-9(15(2,3)4)7-17-13-6-12-10(5-11(13)16)14(20)19-8-18-12/h5-6,8-9,17H,7,16H2,1-4H3,(H,18,19,20). The number of nitrogens with zero attached hydrogens (tertiary/aromatic N) is 1. The monoisotopic (exact) mass is 274 g/mol. The minimum Gasteiger partial charge on any atom is -0.397 e. The molecule has 0 fully saturated rings. The van der Waals surface area contributed by atoms with E-state index in [4.69, 9.17) is 5.73 Å². The first-order chi connectivity index (χ1) is 9.29. The summed E-state index contributed by atoms with van der Waals surface area (Å²) in [4.78, 5) is 18.4. The molecule has 0 amide bonds. The largest absolute Gasteiger partial charge is 0.397 e. The fourth-order valence-corrected chi connectivity index (χ4v) is 1.85. The van der Waals surface area contributed by atoms with E-state index in [2.05, 4.69) is 43.0 Å². The Balaban J connectivity index is 2.27. The Kier molecular flexibility index (Phi) is 3.70. The summed E-state index contributed by atoms with van der Waals surface area (Å²) in [5.41, 5.74) is 8.11. The summed E-state index contributed by atoms with van der Waals surface area (Å²) in [6, 6.07) is 3.50. The maximum Gasteiger partial charge on any atom is 0.258 e. The van der Waals surface area contributed by atoms with Crippen molar-refractivity contribution in [3.8, 4) is 0 Å². The lowest BCUT2D eigenvalue weighted by Gasteiger charge is -2.28. The number of H-pyrrole nitrogens is 1. The number of rotatable bonds is 3. The van der Waals surface area contributed by atoms with Crippen molar-refractivity contribution < 1.29 is 0 Å². The minimum absolute atomic E-state index is 0.170. The van der Waals surface area contributed by atoms with E-state index in [-0.39, 0.29) is 11.0 Å². The Bertz CT molecular complexity index is 670. The Labute approximate surface area is 118 Å². The second kappa shape index (κ2) is 5.15. The van der Waals surface area contributed by atoms with Crippen molar-refractivity contribution in [1.29, 1.82) is 0 Å². The second-order valence-electron chi connectivity index (χ2n) is 6.34. The number of aromatic amines is 1. The van der Waals surface area contributed by atoms with Crippen molar-refractivity contribution in [2.45, 2.75) is 27.7 Å². The molecule has 1 aromatic carbocycles. The maximum atomic E-state index is 11.7. The van der Waals surface area contributed by atoms with Gasteiger partial charge in [0.05, 0.1) is 28.6 Å². The van der Waals surface area contributed by atoms with Gasteiger partial charge in [-0.05, 0) is 23.5 Å². The van der Waals surface area contributed by atoms with Gasteiger partial charge in [-0.1, -0.05) is 27.7 Å². The average molecular weight is 274 g/mol. The zero-order valence-corrected chi connectivity index (χ0v) is 12.4. The van der Waals surface area contributed by atoms with Crippen molar-refractivity contribution in [2.75, 3.05) is 17.6 Å². The van der Waals surface area contributed by atoms with Crippen molar-refractivity contribution in [3.05, 3.63) is 28.8 Å². The molecule has 2 rings (SSSR count). The van der Waals surface area contributed by atoms with Gasteiger partial charge >= 0.3 is 0 Å². The third kappa shape index (κ3) is 2.92. The maximum absolute atomic E-state index is 11.7. The molecular formula is C15H22N4O. The van der Waals surface area contributed by atoms with E-state index < -0.39 is 0 Å². The normalized spacial score (nSPS) is 13.4.